The van der Waals surface area contributed by atoms with Crippen LogP contribution in [0.1, 0.15) is 13.8 Å². The number of nitrogens with zero attached hydrogens (tertiary/aromatic N) is 2. The third kappa shape index (κ3) is 1.71. The number of hydrogen-bond donors (Lipinski definition) is 0. The molecule has 0 N–H and O–H groups in total. The third-order valence-electron chi connectivity index (χ3n) is 3.11. The number of amides is 2. The first-order chi connectivity index (χ1) is 7.43. The summed E-state index contributed by atoms with van der Waals surface area (Å²) in [7, 11) is 1.85. The number of halogens is 1. The molecule has 0 aromatic heterocycles. The molecule has 1 fully saturated rings. The molecule has 1 aliphatic heterocycles. The molecular formula is C12H15BrN2O. The van der Waals surface area contributed by atoms with Crippen molar-refractivity contribution in [2.75, 3.05) is 18.5 Å². The van der Waals surface area contributed by atoms with E-state index in [4.69, 9.17) is 0 Å². The van der Waals surface area contributed by atoms with Gasteiger partial charge in [-0.1, -0.05) is 12.1 Å². The molecule has 0 aliphatic carbocycles. The highest BCUT2D eigenvalue weighted by Crippen LogP contribution is 2.33. The van der Waals surface area contributed by atoms with Gasteiger partial charge < -0.3 is 4.90 Å². The van der Waals surface area contributed by atoms with Crippen LogP contribution in [0.25, 0.3) is 0 Å². The smallest absolute Gasteiger partial charge is 0.320 e. The van der Waals surface area contributed by atoms with Crippen LogP contribution in [0.15, 0.2) is 28.7 Å². The monoisotopic (exact) mass is 282 g/mol. The van der Waals surface area contributed by atoms with Crippen molar-refractivity contribution in [1.29, 1.82) is 0 Å². The van der Waals surface area contributed by atoms with E-state index in [0.29, 0.717) is 6.54 Å². The fraction of sp³-hybridized carbons (Fsp3) is 0.417. The number of benzene rings is 1. The number of anilines is 1. The Bertz CT molecular complexity index is 431. The summed E-state index contributed by atoms with van der Waals surface area (Å²) in [5.74, 6) is 0. The van der Waals surface area contributed by atoms with Gasteiger partial charge in [-0.3, -0.25) is 4.90 Å². The Morgan fingerprint density at radius 2 is 1.94 bits per heavy atom. The van der Waals surface area contributed by atoms with Crippen molar-refractivity contribution >= 4 is 27.6 Å². The van der Waals surface area contributed by atoms with Crippen molar-refractivity contribution < 1.29 is 4.79 Å². The van der Waals surface area contributed by atoms with Crippen LogP contribution in [-0.2, 0) is 0 Å². The fourth-order valence-corrected chi connectivity index (χ4v) is 2.36. The first-order valence-electron chi connectivity index (χ1n) is 5.23. The summed E-state index contributed by atoms with van der Waals surface area (Å²) in [6.07, 6.45) is 0. The Kier molecular flexibility index (Phi) is 2.70. The van der Waals surface area contributed by atoms with Gasteiger partial charge in [0.25, 0.3) is 0 Å². The Labute approximate surface area is 104 Å². The van der Waals surface area contributed by atoms with Crippen LogP contribution >= 0.6 is 15.9 Å². The van der Waals surface area contributed by atoms with E-state index in [9.17, 15) is 4.79 Å². The second-order valence-electron chi connectivity index (χ2n) is 4.69. The molecule has 1 aromatic rings. The summed E-state index contributed by atoms with van der Waals surface area (Å²) in [5, 5.41) is 0. The zero-order valence-corrected chi connectivity index (χ0v) is 11.3. The summed E-state index contributed by atoms with van der Waals surface area (Å²) >= 11 is 3.48. The Hall–Kier alpha value is -1.03. The maximum Gasteiger partial charge on any atom is 0.324 e. The van der Waals surface area contributed by atoms with Crippen molar-refractivity contribution in [3.05, 3.63) is 28.7 Å². The zero-order chi connectivity index (χ0) is 11.9. The number of hydrogen-bond acceptors (Lipinski definition) is 1. The van der Waals surface area contributed by atoms with Crippen LogP contribution < -0.4 is 4.90 Å². The lowest BCUT2D eigenvalue weighted by molar-refractivity contribution is 0.198. The van der Waals surface area contributed by atoms with Crippen LogP contribution in [0, 0.1) is 0 Å². The molecule has 4 heteroatoms. The summed E-state index contributed by atoms with van der Waals surface area (Å²) in [5.41, 5.74) is 0.816. The molecule has 86 valence electrons. The summed E-state index contributed by atoms with van der Waals surface area (Å²) < 4.78 is 0.953. The van der Waals surface area contributed by atoms with Gasteiger partial charge in [0.15, 0.2) is 0 Å². The standard InChI is InChI=1S/C12H15BrN2O/c1-12(2)8-15(11(16)14(12)3)10-7-5-4-6-9(10)13/h4-7H,8H2,1-3H3. The van der Waals surface area contributed by atoms with Gasteiger partial charge in [0.05, 0.1) is 17.8 Å². The van der Waals surface area contributed by atoms with Crippen LogP contribution in [-0.4, -0.2) is 30.1 Å². The van der Waals surface area contributed by atoms with Crippen molar-refractivity contribution in [3.8, 4) is 0 Å². The molecule has 0 atom stereocenters. The quantitative estimate of drug-likeness (QED) is 0.777. The molecular weight excluding hydrogens is 268 g/mol. The normalized spacial score (nSPS) is 19.4. The minimum Gasteiger partial charge on any atom is -0.320 e. The van der Waals surface area contributed by atoms with E-state index in [0.717, 1.165) is 10.2 Å². The largest absolute Gasteiger partial charge is 0.324 e. The topological polar surface area (TPSA) is 23.6 Å². The average molecular weight is 283 g/mol. The van der Waals surface area contributed by atoms with Crippen LogP contribution in [0.2, 0.25) is 0 Å². The molecule has 1 aromatic carbocycles. The van der Waals surface area contributed by atoms with Gasteiger partial charge in [-0.2, -0.15) is 0 Å². The number of urea groups is 1. The Morgan fingerprint density at radius 3 is 2.44 bits per heavy atom. The molecule has 0 unspecified atom stereocenters. The first-order valence-corrected chi connectivity index (χ1v) is 6.02. The maximum atomic E-state index is 12.1. The van der Waals surface area contributed by atoms with Crippen molar-refractivity contribution in [1.82, 2.24) is 4.90 Å². The lowest BCUT2D eigenvalue weighted by Crippen LogP contribution is -2.38. The Morgan fingerprint density at radius 1 is 1.31 bits per heavy atom. The minimum absolute atomic E-state index is 0.0527. The molecule has 1 aliphatic rings. The van der Waals surface area contributed by atoms with Gasteiger partial charge in [0.1, 0.15) is 0 Å². The molecule has 2 amide bonds. The molecule has 0 spiro atoms. The molecule has 2 rings (SSSR count). The van der Waals surface area contributed by atoms with E-state index in [2.05, 4.69) is 29.8 Å². The van der Waals surface area contributed by atoms with E-state index >= 15 is 0 Å². The number of para-hydroxylation sites is 1. The molecule has 16 heavy (non-hydrogen) atoms. The molecule has 3 nitrogen and oxygen atoms in total. The lowest BCUT2D eigenvalue weighted by atomic mass is 10.1. The highest BCUT2D eigenvalue weighted by Gasteiger charge is 2.41. The highest BCUT2D eigenvalue weighted by molar-refractivity contribution is 9.10. The number of rotatable bonds is 1. The lowest BCUT2D eigenvalue weighted by Gasteiger charge is -2.24. The van der Waals surface area contributed by atoms with Crippen LogP contribution in [0.4, 0.5) is 10.5 Å². The van der Waals surface area contributed by atoms with Gasteiger partial charge in [-0.05, 0) is 41.9 Å². The molecule has 0 saturated carbocycles. The Balaban J connectivity index is 2.38. The second kappa shape index (κ2) is 3.77. The third-order valence-corrected chi connectivity index (χ3v) is 3.78. The predicted octanol–water partition coefficient (Wildman–Crippen LogP) is 3.10. The first kappa shape index (κ1) is 11.5. The summed E-state index contributed by atoms with van der Waals surface area (Å²) in [4.78, 5) is 15.7. The van der Waals surface area contributed by atoms with Gasteiger partial charge in [0, 0.05) is 11.5 Å². The van der Waals surface area contributed by atoms with Gasteiger partial charge in [0.2, 0.25) is 0 Å². The van der Waals surface area contributed by atoms with E-state index in [1.165, 1.54) is 0 Å². The molecule has 0 radical (unpaired) electrons. The van der Waals surface area contributed by atoms with Gasteiger partial charge >= 0.3 is 6.03 Å². The van der Waals surface area contributed by atoms with Crippen LogP contribution in [0.5, 0.6) is 0 Å². The minimum atomic E-state index is -0.119. The van der Waals surface area contributed by atoms with E-state index in [-0.39, 0.29) is 11.6 Å². The number of likely N-dealkylation sites (N-methyl/N-ethyl adjacent to an activating group) is 1. The second-order valence-corrected chi connectivity index (χ2v) is 5.55. The zero-order valence-electron chi connectivity index (χ0n) is 9.70. The highest BCUT2D eigenvalue weighted by atomic mass is 79.9. The molecule has 0 bridgehead atoms. The van der Waals surface area contributed by atoms with Crippen molar-refractivity contribution in [3.63, 3.8) is 0 Å². The fourth-order valence-electron chi connectivity index (χ4n) is 1.86. The molecule has 1 saturated heterocycles. The maximum absolute atomic E-state index is 12.1. The molecule has 1 heterocycles. The van der Waals surface area contributed by atoms with E-state index in [1.807, 2.05) is 36.2 Å². The van der Waals surface area contributed by atoms with Crippen molar-refractivity contribution in [2.45, 2.75) is 19.4 Å². The van der Waals surface area contributed by atoms with E-state index < -0.39 is 0 Å². The SMILES string of the molecule is CN1C(=O)N(c2ccccc2Br)CC1(C)C. The van der Waals surface area contributed by atoms with Crippen molar-refractivity contribution in [2.24, 2.45) is 0 Å². The summed E-state index contributed by atoms with van der Waals surface area (Å²) in [6, 6.07) is 7.85. The summed E-state index contributed by atoms with van der Waals surface area (Å²) in [6.45, 7) is 4.86. The van der Waals surface area contributed by atoms with Crippen LogP contribution in [0.3, 0.4) is 0 Å². The average Bonchev–Trinajstić information content (AvgIpc) is 2.43. The number of carbonyl (C=O) groups is 1. The predicted molar refractivity (Wildman–Crippen MR) is 68.7 cm³/mol. The van der Waals surface area contributed by atoms with Gasteiger partial charge in [-0.15, -0.1) is 0 Å². The number of carbonyl (C=O) groups excluding carboxylic acids is 1. The van der Waals surface area contributed by atoms with E-state index in [1.54, 1.807) is 4.90 Å². The van der Waals surface area contributed by atoms with Gasteiger partial charge in [-0.25, -0.2) is 4.79 Å².